The summed E-state index contributed by atoms with van der Waals surface area (Å²) in [6.07, 6.45) is 3.09. The minimum Gasteiger partial charge on any atom is -0.493 e. The number of aromatic nitrogens is 1. The van der Waals surface area contributed by atoms with Gasteiger partial charge in [-0.2, -0.15) is 0 Å². The third kappa shape index (κ3) is 4.75. The number of carbonyl (C=O) groups excluding carboxylic acids is 2. The van der Waals surface area contributed by atoms with Gasteiger partial charge in [0.1, 0.15) is 0 Å². The van der Waals surface area contributed by atoms with Crippen LogP contribution in [0.1, 0.15) is 31.8 Å². The quantitative estimate of drug-likeness (QED) is 0.627. The average molecular weight is 405 g/mol. The third-order valence-corrected chi connectivity index (χ3v) is 4.60. The Balaban J connectivity index is 1.76. The summed E-state index contributed by atoms with van der Waals surface area (Å²) in [5.74, 6) is 0.608. The van der Waals surface area contributed by atoms with Crippen molar-refractivity contribution in [3.05, 3.63) is 83.2 Å². The smallest absolute Gasteiger partial charge is 0.255 e. The summed E-state index contributed by atoms with van der Waals surface area (Å²) in [6.45, 7) is 2.14. The molecule has 7 heteroatoms. The molecule has 2 amide bonds. The number of nitrogens with one attached hydrogen (secondary N) is 2. The number of rotatable bonds is 7. The highest BCUT2D eigenvalue weighted by Gasteiger charge is 2.16. The molecule has 3 aromatic rings. The van der Waals surface area contributed by atoms with Crippen molar-refractivity contribution in [3.8, 4) is 11.5 Å². The Morgan fingerprint density at radius 2 is 1.67 bits per heavy atom. The molecule has 0 saturated carbocycles. The highest BCUT2D eigenvalue weighted by atomic mass is 16.5. The lowest BCUT2D eigenvalue weighted by molar-refractivity contribution is 0.0951. The normalized spacial score (nSPS) is 10.2. The second-order valence-corrected chi connectivity index (χ2v) is 6.56. The number of aryl methyl sites for hydroxylation is 1. The van der Waals surface area contributed by atoms with Gasteiger partial charge in [0.2, 0.25) is 0 Å². The number of pyridine rings is 1. The number of nitrogens with zero attached hydrogens (tertiary/aromatic N) is 1. The topological polar surface area (TPSA) is 89.6 Å². The Kier molecular flexibility index (Phi) is 6.64. The predicted octanol–water partition coefficient (Wildman–Crippen LogP) is 3.59. The Bertz CT molecular complexity index is 1050. The maximum atomic E-state index is 12.9. The minimum atomic E-state index is -0.305. The first-order valence-corrected chi connectivity index (χ1v) is 9.33. The molecule has 0 atom stereocenters. The SMILES string of the molecule is COc1ccc(CNC(=O)c2cccc(C)c2NC(=O)c2ccncc2)cc1OC. The Morgan fingerprint density at radius 1 is 0.933 bits per heavy atom. The first kappa shape index (κ1) is 20.9. The van der Waals surface area contributed by atoms with Crippen molar-refractivity contribution in [2.24, 2.45) is 0 Å². The van der Waals surface area contributed by atoms with Crippen molar-refractivity contribution in [3.63, 3.8) is 0 Å². The van der Waals surface area contributed by atoms with E-state index >= 15 is 0 Å². The zero-order valence-electron chi connectivity index (χ0n) is 17.1. The Labute approximate surface area is 175 Å². The number of amides is 2. The van der Waals surface area contributed by atoms with Crippen molar-refractivity contribution in [1.82, 2.24) is 10.3 Å². The molecule has 0 fully saturated rings. The summed E-state index contributed by atoms with van der Waals surface area (Å²) in [4.78, 5) is 29.3. The Hall–Kier alpha value is -3.87. The second kappa shape index (κ2) is 9.56. The fourth-order valence-corrected chi connectivity index (χ4v) is 2.98. The lowest BCUT2D eigenvalue weighted by Crippen LogP contribution is -2.25. The van der Waals surface area contributed by atoms with Crippen LogP contribution in [0.25, 0.3) is 0 Å². The highest BCUT2D eigenvalue weighted by Crippen LogP contribution is 2.27. The second-order valence-electron chi connectivity index (χ2n) is 6.56. The number of ether oxygens (including phenoxy) is 2. The molecule has 0 aliphatic heterocycles. The van der Waals surface area contributed by atoms with E-state index in [-0.39, 0.29) is 11.8 Å². The van der Waals surface area contributed by atoms with Gasteiger partial charge < -0.3 is 20.1 Å². The van der Waals surface area contributed by atoms with Crippen LogP contribution in [0.2, 0.25) is 0 Å². The number of hydrogen-bond donors (Lipinski definition) is 2. The Morgan fingerprint density at radius 3 is 2.37 bits per heavy atom. The monoisotopic (exact) mass is 405 g/mol. The largest absolute Gasteiger partial charge is 0.493 e. The molecule has 3 rings (SSSR count). The van der Waals surface area contributed by atoms with Crippen molar-refractivity contribution in [2.75, 3.05) is 19.5 Å². The average Bonchev–Trinajstić information content (AvgIpc) is 2.79. The minimum absolute atomic E-state index is 0.293. The molecule has 154 valence electrons. The van der Waals surface area contributed by atoms with E-state index in [1.54, 1.807) is 56.9 Å². The van der Waals surface area contributed by atoms with Crippen LogP contribution >= 0.6 is 0 Å². The molecular weight excluding hydrogens is 382 g/mol. The van der Waals surface area contributed by atoms with Crippen LogP contribution in [0.3, 0.4) is 0 Å². The van der Waals surface area contributed by atoms with Gasteiger partial charge >= 0.3 is 0 Å². The lowest BCUT2D eigenvalue weighted by Gasteiger charge is -2.15. The molecule has 0 spiro atoms. The molecule has 0 bridgehead atoms. The molecule has 0 saturated heterocycles. The van der Waals surface area contributed by atoms with Gasteiger partial charge in [-0.3, -0.25) is 14.6 Å². The number of carbonyl (C=O) groups is 2. The van der Waals surface area contributed by atoms with Gasteiger partial charge in [0.25, 0.3) is 11.8 Å². The molecule has 1 heterocycles. The van der Waals surface area contributed by atoms with E-state index in [0.29, 0.717) is 34.9 Å². The van der Waals surface area contributed by atoms with E-state index in [1.807, 2.05) is 25.1 Å². The summed E-state index contributed by atoms with van der Waals surface area (Å²) < 4.78 is 10.5. The van der Waals surface area contributed by atoms with Gasteiger partial charge in [-0.25, -0.2) is 0 Å². The van der Waals surface area contributed by atoms with E-state index in [1.165, 1.54) is 0 Å². The molecule has 0 aliphatic rings. The lowest BCUT2D eigenvalue weighted by atomic mass is 10.1. The molecule has 0 radical (unpaired) electrons. The molecule has 7 nitrogen and oxygen atoms in total. The number of anilines is 1. The van der Waals surface area contributed by atoms with Gasteiger partial charge in [0.15, 0.2) is 11.5 Å². The highest BCUT2D eigenvalue weighted by molar-refractivity contribution is 6.09. The number of methoxy groups -OCH3 is 2. The van der Waals surface area contributed by atoms with E-state index in [4.69, 9.17) is 9.47 Å². The fourth-order valence-electron chi connectivity index (χ4n) is 2.98. The maximum Gasteiger partial charge on any atom is 0.255 e. The molecule has 30 heavy (non-hydrogen) atoms. The zero-order chi connectivity index (χ0) is 21.5. The maximum absolute atomic E-state index is 12.9. The molecular formula is C23H23N3O4. The van der Waals surface area contributed by atoms with Crippen LogP contribution in [0.15, 0.2) is 60.9 Å². The summed E-state index contributed by atoms with van der Waals surface area (Å²) in [5.41, 5.74) is 2.97. The molecule has 2 N–H and O–H groups in total. The van der Waals surface area contributed by atoms with Crippen molar-refractivity contribution in [1.29, 1.82) is 0 Å². The summed E-state index contributed by atoms with van der Waals surface area (Å²) in [7, 11) is 3.13. The van der Waals surface area contributed by atoms with Gasteiger partial charge in [0.05, 0.1) is 25.5 Å². The van der Waals surface area contributed by atoms with E-state index in [0.717, 1.165) is 11.1 Å². The summed E-state index contributed by atoms with van der Waals surface area (Å²) in [6, 6.07) is 14.0. The standard InChI is InChI=1S/C23H23N3O4/c1-15-5-4-6-18(21(15)26-22(27)17-9-11-24-12-10-17)23(28)25-14-16-7-8-19(29-2)20(13-16)30-3/h4-13H,14H2,1-3H3,(H,25,28)(H,26,27). The first-order valence-electron chi connectivity index (χ1n) is 9.33. The van der Waals surface area contributed by atoms with Gasteiger partial charge in [0, 0.05) is 24.5 Å². The van der Waals surface area contributed by atoms with E-state index in [9.17, 15) is 9.59 Å². The van der Waals surface area contributed by atoms with Gasteiger partial charge in [-0.15, -0.1) is 0 Å². The molecule has 0 unspecified atom stereocenters. The van der Waals surface area contributed by atoms with Crippen LogP contribution in [0.5, 0.6) is 11.5 Å². The van der Waals surface area contributed by atoms with Crippen molar-refractivity contribution < 1.29 is 19.1 Å². The molecule has 2 aromatic carbocycles. The van der Waals surface area contributed by atoms with Crippen LogP contribution in [-0.4, -0.2) is 31.0 Å². The van der Waals surface area contributed by atoms with Crippen molar-refractivity contribution in [2.45, 2.75) is 13.5 Å². The zero-order valence-corrected chi connectivity index (χ0v) is 17.1. The van der Waals surface area contributed by atoms with E-state index < -0.39 is 0 Å². The fraction of sp³-hybridized carbons (Fsp3) is 0.174. The van der Waals surface area contributed by atoms with Crippen LogP contribution in [0, 0.1) is 6.92 Å². The van der Waals surface area contributed by atoms with Crippen LogP contribution in [0.4, 0.5) is 5.69 Å². The molecule has 1 aromatic heterocycles. The number of benzene rings is 2. The van der Waals surface area contributed by atoms with Crippen LogP contribution in [-0.2, 0) is 6.54 Å². The van der Waals surface area contributed by atoms with Gasteiger partial charge in [-0.1, -0.05) is 18.2 Å². The summed E-state index contributed by atoms with van der Waals surface area (Å²) >= 11 is 0. The van der Waals surface area contributed by atoms with Gasteiger partial charge in [-0.05, 0) is 48.4 Å². The number of para-hydroxylation sites is 1. The third-order valence-electron chi connectivity index (χ3n) is 4.60. The van der Waals surface area contributed by atoms with E-state index in [2.05, 4.69) is 15.6 Å². The predicted molar refractivity (Wildman–Crippen MR) is 114 cm³/mol. The van der Waals surface area contributed by atoms with Crippen molar-refractivity contribution >= 4 is 17.5 Å². The van der Waals surface area contributed by atoms with Crippen LogP contribution < -0.4 is 20.1 Å². The summed E-state index contributed by atoms with van der Waals surface area (Å²) in [5, 5.41) is 5.73. The number of hydrogen-bond acceptors (Lipinski definition) is 5. The molecule has 0 aliphatic carbocycles. The first-order chi connectivity index (χ1) is 14.5.